The molecule has 1 aliphatic heterocycles. The Morgan fingerprint density at radius 2 is 2.03 bits per heavy atom. The lowest BCUT2D eigenvalue weighted by Crippen LogP contribution is -2.30. The summed E-state index contributed by atoms with van der Waals surface area (Å²) in [6, 6.07) is 14.0. The molecule has 1 aliphatic rings. The fourth-order valence-corrected chi connectivity index (χ4v) is 5.61. The van der Waals surface area contributed by atoms with Crippen molar-refractivity contribution in [1.82, 2.24) is 14.9 Å². The van der Waals surface area contributed by atoms with Crippen LogP contribution < -0.4 is 5.73 Å². The predicted molar refractivity (Wildman–Crippen MR) is 137 cm³/mol. The average molecular weight is 479 g/mol. The Bertz CT molecular complexity index is 1300. The van der Waals surface area contributed by atoms with Crippen molar-refractivity contribution >= 4 is 45.3 Å². The molecule has 33 heavy (non-hydrogen) atoms. The number of carbonyl (C=O) groups excluding carboxylic acids is 1. The number of benzene rings is 1. The van der Waals surface area contributed by atoms with Gasteiger partial charge in [0.25, 0.3) is 0 Å². The van der Waals surface area contributed by atoms with Crippen molar-refractivity contribution in [3.05, 3.63) is 86.5 Å². The van der Waals surface area contributed by atoms with Gasteiger partial charge in [-0.3, -0.25) is 14.7 Å². The van der Waals surface area contributed by atoms with E-state index < -0.39 is 0 Å². The van der Waals surface area contributed by atoms with Gasteiger partial charge in [0.15, 0.2) is 5.78 Å². The first-order chi connectivity index (χ1) is 15.6. The number of nitrogens with two attached hydrogens (primary N) is 1. The van der Waals surface area contributed by atoms with Gasteiger partial charge >= 0.3 is 0 Å². The van der Waals surface area contributed by atoms with Crippen LogP contribution in [0, 0.1) is 0 Å². The third-order valence-corrected chi connectivity index (χ3v) is 7.55. The molecule has 0 saturated heterocycles. The highest BCUT2D eigenvalue weighted by molar-refractivity contribution is 7.14. The molecule has 5 rings (SSSR count). The van der Waals surface area contributed by atoms with E-state index in [1.165, 1.54) is 22.6 Å². The Labute approximate surface area is 203 Å². The van der Waals surface area contributed by atoms with Crippen molar-refractivity contribution in [1.29, 1.82) is 0 Å². The van der Waals surface area contributed by atoms with Crippen LogP contribution in [0.3, 0.4) is 0 Å². The molecular weight excluding hydrogens is 452 g/mol. The number of hydrogen-bond donors (Lipinski definition) is 1. The molecule has 2 N–H and O–H groups in total. The fraction of sp³-hybridized carbons (Fsp3) is 0.269. The Morgan fingerprint density at radius 1 is 1.15 bits per heavy atom. The van der Waals surface area contributed by atoms with E-state index in [-0.39, 0.29) is 13.2 Å². The minimum atomic E-state index is 0. The summed E-state index contributed by atoms with van der Waals surface area (Å²) in [6.07, 6.45) is 5.63. The minimum absolute atomic E-state index is 0. The van der Waals surface area contributed by atoms with Crippen LogP contribution in [0.4, 0.5) is 5.82 Å². The van der Waals surface area contributed by atoms with Gasteiger partial charge in [-0.2, -0.15) is 0 Å². The molecule has 0 aliphatic carbocycles. The third kappa shape index (κ3) is 5.08. The molecular formula is C26H27ClN4OS. The van der Waals surface area contributed by atoms with Crippen molar-refractivity contribution in [3.63, 3.8) is 0 Å². The van der Waals surface area contributed by atoms with Gasteiger partial charge in [0, 0.05) is 60.8 Å². The van der Waals surface area contributed by atoms with Gasteiger partial charge in [0.05, 0.1) is 9.90 Å². The zero-order valence-electron chi connectivity index (χ0n) is 17.6. The van der Waals surface area contributed by atoms with E-state index in [1.54, 1.807) is 6.20 Å². The first-order valence-corrected chi connectivity index (χ1v) is 11.9. The zero-order chi connectivity index (χ0) is 22.1. The highest BCUT2D eigenvalue weighted by Gasteiger charge is 2.20. The lowest BCUT2D eigenvalue weighted by Gasteiger charge is -2.27. The van der Waals surface area contributed by atoms with Crippen LogP contribution in [0.1, 0.15) is 45.2 Å². The van der Waals surface area contributed by atoms with Gasteiger partial charge in [-0.25, -0.2) is 4.98 Å². The van der Waals surface area contributed by atoms with Crippen LogP contribution in [-0.2, 0) is 25.9 Å². The number of nitrogen functional groups attached to an aromatic ring is 1. The molecule has 5 nitrogen and oxygen atoms in total. The molecule has 3 aromatic heterocycles. The number of hydrogen-bond acceptors (Lipinski definition) is 6. The summed E-state index contributed by atoms with van der Waals surface area (Å²) in [5, 5.41) is 2.67. The Kier molecular flexibility index (Phi) is 7.08. The maximum Gasteiger partial charge on any atom is 0.173 e. The second-order valence-electron chi connectivity index (χ2n) is 8.13. The van der Waals surface area contributed by atoms with Crippen molar-refractivity contribution in [3.8, 4) is 0 Å². The Hall–Kier alpha value is -2.80. The summed E-state index contributed by atoms with van der Waals surface area (Å²) in [4.78, 5) is 25.6. The number of thiophene rings is 1. The van der Waals surface area contributed by atoms with Gasteiger partial charge in [0.2, 0.25) is 0 Å². The molecule has 170 valence electrons. The molecule has 4 aromatic rings. The van der Waals surface area contributed by atoms with Crippen LogP contribution >= 0.6 is 22.9 Å². The summed E-state index contributed by atoms with van der Waals surface area (Å²) in [6.45, 7) is 2.57. The van der Waals surface area contributed by atoms with Crippen LogP contribution in [0.25, 0.3) is 10.8 Å². The fourth-order valence-electron chi connectivity index (χ4n) is 4.20. The van der Waals surface area contributed by atoms with Gasteiger partial charge in [-0.15, -0.1) is 11.3 Å². The van der Waals surface area contributed by atoms with Crippen LogP contribution in [0.15, 0.2) is 54.9 Å². The quantitative estimate of drug-likeness (QED) is 0.347. The van der Waals surface area contributed by atoms with Gasteiger partial charge in [0.1, 0.15) is 5.82 Å². The van der Waals surface area contributed by atoms with E-state index in [9.17, 15) is 4.79 Å². The van der Waals surface area contributed by atoms with Gasteiger partial charge < -0.3 is 5.73 Å². The van der Waals surface area contributed by atoms with Crippen LogP contribution in [-0.4, -0.2) is 27.2 Å². The standard InChI is InChI=1S/C25H23ClN4OS.CH4/c26-20-13-23(32-24(20)15-30-11-8-21-18(14-30)2-1-9-28-21)22(31)6-4-16-3-5-19-17(12-16)7-10-29-25(19)27;/h1-3,5,7,9-10,12-13H,4,6,8,11,14-15H2,(H2,27,29);1H4. The number of carbonyl (C=O) groups is 1. The summed E-state index contributed by atoms with van der Waals surface area (Å²) < 4.78 is 0. The number of aryl methyl sites for hydroxylation is 1. The molecule has 0 bridgehead atoms. The number of aromatic nitrogens is 2. The molecule has 0 radical (unpaired) electrons. The first kappa shape index (κ1) is 23.4. The molecule has 4 heterocycles. The number of fused-ring (bicyclic) bond motifs is 2. The van der Waals surface area contributed by atoms with E-state index in [0.717, 1.165) is 52.1 Å². The van der Waals surface area contributed by atoms with Crippen molar-refractivity contribution in [2.45, 2.75) is 39.8 Å². The SMILES string of the molecule is C.Nc1nccc2cc(CCC(=O)c3cc(Cl)c(CN4CCc5ncccc5C4)s3)ccc12. The van der Waals surface area contributed by atoms with Crippen molar-refractivity contribution < 1.29 is 4.79 Å². The summed E-state index contributed by atoms with van der Waals surface area (Å²) >= 11 is 8.03. The number of pyridine rings is 2. The van der Waals surface area contributed by atoms with Crippen LogP contribution in [0.5, 0.6) is 0 Å². The lowest BCUT2D eigenvalue weighted by molar-refractivity contribution is 0.0986. The molecule has 0 unspecified atom stereocenters. The maximum absolute atomic E-state index is 12.9. The summed E-state index contributed by atoms with van der Waals surface area (Å²) in [5.41, 5.74) is 9.50. The molecule has 0 saturated carbocycles. The van der Waals surface area contributed by atoms with E-state index in [0.29, 0.717) is 23.7 Å². The van der Waals surface area contributed by atoms with Crippen molar-refractivity contribution in [2.75, 3.05) is 12.3 Å². The van der Waals surface area contributed by atoms with Gasteiger partial charge in [-0.05, 0) is 41.1 Å². The number of rotatable bonds is 6. The maximum atomic E-state index is 12.9. The summed E-state index contributed by atoms with van der Waals surface area (Å²) in [7, 11) is 0. The number of anilines is 1. The second kappa shape index (κ2) is 10.00. The van der Waals surface area contributed by atoms with Gasteiger partial charge in [-0.1, -0.05) is 43.3 Å². The highest BCUT2D eigenvalue weighted by Crippen LogP contribution is 2.31. The lowest BCUT2D eigenvalue weighted by atomic mass is 10.0. The topological polar surface area (TPSA) is 72.1 Å². The molecule has 7 heteroatoms. The van der Waals surface area contributed by atoms with Crippen molar-refractivity contribution in [2.24, 2.45) is 0 Å². The Balaban J connectivity index is 0.00000259. The van der Waals surface area contributed by atoms with E-state index in [2.05, 4.69) is 27.0 Å². The Morgan fingerprint density at radius 3 is 2.91 bits per heavy atom. The smallest absolute Gasteiger partial charge is 0.173 e. The van der Waals surface area contributed by atoms with E-state index in [1.807, 2.05) is 36.5 Å². The summed E-state index contributed by atoms with van der Waals surface area (Å²) in [5.74, 6) is 0.657. The zero-order valence-corrected chi connectivity index (χ0v) is 19.1. The number of nitrogens with zero attached hydrogens (tertiary/aromatic N) is 3. The molecule has 0 atom stereocenters. The molecule has 0 amide bonds. The molecule has 1 aromatic carbocycles. The largest absolute Gasteiger partial charge is 0.383 e. The molecule has 0 spiro atoms. The average Bonchev–Trinajstić information content (AvgIpc) is 3.17. The number of halogens is 1. The highest BCUT2D eigenvalue weighted by atomic mass is 35.5. The number of Topliss-reactive ketones (excluding diaryl/α,β-unsaturated/α-hetero) is 1. The normalized spacial score (nSPS) is 13.5. The first-order valence-electron chi connectivity index (χ1n) is 10.7. The third-order valence-electron chi connectivity index (χ3n) is 5.94. The van der Waals surface area contributed by atoms with E-state index >= 15 is 0 Å². The monoisotopic (exact) mass is 478 g/mol. The molecule has 0 fully saturated rings. The number of ketones is 1. The predicted octanol–water partition coefficient (Wildman–Crippen LogP) is 5.94. The van der Waals surface area contributed by atoms with Crippen LogP contribution in [0.2, 0.25) is 5.02 Å². The van der Waals surface area contributed by atoms with E-state index in [4.69, 9.17) is 17.3 Å². The minimum Gasteiger partial charge on any atom is -0.383 e. The second-order valence-corrected chi connectivity index (χ2v) is 9.67.